The van der Waals surface area contributed by atoms with E-state index in [2.05, 4.69) is 0 Å². The molecule has 0 atom stereocenters. The highest BCUT2D eigenvalue weighted by atomic mass is 16.2. The van der Waals surface area contributed by atoms with Gasteiger partial charge in [-0.05, 0) is 12.8 Å². The van der Waals surface area contributed by atoms with Gasteiger partial charge in [-0.3, -0.25) is 19.3 Å². The molecule has 0 bridgehead atoms. The number of unbranched alkanes of at least 4 members (excludes halogenated alkanes) is 1. The van der Waals surface area contributed by atoms with E-state index < -0.39 is 0 Å². The quantitative estimate of drug-likeness (QED) is 0.478. The van der Waals surface area contributed by atoms with Crippen molar-refractivity contribution in [1.29, 1.82) is 0 Å². The Morgan fingerprint density at radius 1 is 1.21 bits per heavy atom. The van der Waals surface area contributed by atoms with Crippen molar-refractivity contribution in [2.45, 2.75) is 19.3 Å². The minimum Gasteiger partial charge on any atom is -0.370 e. The molecule has 1 heterocycles. The average Bonchev–Trinajstić information content (AvgIpc) is 2.42. The lowest BCUT2D eigenvalue weighted by Gasteiger charge is -2.12. The van der Waals surface area contributed by atoms with Gasteiger partial charge >= 0.3 is 0 Å². The Morgan fingerprint density at radius 3 is 2.29 bits per heavy atom. The molecule has 0 saturated carbocycles. The van der Waals surface area contributed by atoms with Gasteiger partial charge in [0.1, 0.15) is 0 Å². The van der Waals surface area contributed by atoms with Gasteiger partial charge in [0.25, 0.3) is 11.8 Å². The summed E-state index contributed by atoms with van der Waals surface area (Å²) in [6.07, 6.45) is 4.00. The molecule has 3 amide bonds. The molecule has 0 aromatic rings. The predicted octanol–water partition coefficient (Wildman–Crippen LogP) is -0.433. The van der Waals surface area contributed by atoms with Gasteiger partial charge in [0.05, 0.1) is 0 Å². The smallest absolute Gasteiger partial charge is 0.253 e. The molecular weight excluding hydrogens is 184 g/mol. The molecule has 5 nitrogen and oxygen atoms in total. The topological polar surface area (TPSA) is 80.5 Å². The van der Waals surface area contributed by atoms with Crippen LogP contribution >= 0.6 is 0 Å². The maximum Gasteiger partial charge on any atom is 0.253 e. The third kappa shape index (κ3) is 2.69. The van der Waals surface area contributed by atoms with E-state index in [1.165, 1.54) is 12.2 Å². The summed E-state index contributed by atoms with van der Waals surface area (Å²) in [5.74, 6) is -0.926. The summed E-state index contributed by atoms with van der Waals surface area (Å²) >= 11 is 0. The third-order valence-corrected chi connectivity index (χ3v) is 1.96. The Kier molecular flexibility index (Phi) is 3.39. The number of hydrogen-bond acceptors (Lipinski definition) is 3. The maximum absolute atomic E-state index is 11.0. The van der Waals surface area contributed by atoms with E-state index in [0.29, 0.717) is 25.8 Å². The predicted molar refractivity (Wildman–Crippen MR) is 48.9 cm³/mol. The molecule has 2 N–H and O–H groups in total. The molecular formula is C9H12N2O3. The first-order valence-corrected chi connectivity index (χ1v) is 4.43. The zero-order valence-corrected chi connectivity index (χ0v) is 7.73. The molecule has 14 heavy (non-hydrogen) atoms. The molecule has 0 aromatic heterocycles. The third-order valence-electron chi connectivity index (χ3n) is 1.96. The standard InChI is InChI=1S/C9H12N2O3/c10-7(12)3-1-2-6-11-8(13)4-5-9(11)14/h4-5H,1-3,6H2,(H2,10,12). The van der Waals surface area contributed by atoms with Crippen LogP contribution in [-0.4, -0.2) is 29.2 Å². The van der Waals surface area contributed by atoms with Crippen LogP contribution in [0.15, 0.2) is 12.2 Å². The van der Waals surface area contributed by atoms with E-state index in [1.807, 2.05) is 0 Å². The van der Waals surface area contributed by atoms with Crippen molar-refractivity contribution in [1.82, 2.24) is 4.90 Å². The van der Waals surface area contributed by atoms with Crippen molar-refractivity contribution in [3.8, 4) is 0 Å². The SMILES string of the molecule is NC(=O)CCCCN1C(=O)C=CC1=O. The zero-order valence-electron chi connectivity index (χ0n) is 7.73. The summed E-state index contributed by atoms with van der Waals surface area (Å²) < 4.78 is 0. The van der Waals surface area contributed by atoms with E-state index >= 15 is 0 Å². The van der Waals surface area contributed by atoms with Crippen molar-refractivity contribution in [2.75, 3.05) is 6.54 Å². The van der Waals surface area contributed by atoms with E-state index in [0.717, 1.165) is 4.90 Å². The van der Waals surface area contributed by atoms with E-state index in [1.54, 1.807) is 0 Å². The Labute approximate surface area is 81.5 Å². The van der Waals surface area contributed by atoms with Gasteiger partial charge in [-0.2, -0.15) is 0 Å². The number of carbonyl (C=O) groups is 3. The number of imide groups is 1. The van der Waals surface area contributed by atoms with E-state index in [9.17, 15) is 14.4 Å². The molecule has 0 aliphatic carbocycles. The van der Waals surface area contributed by atoms with Crippen LogP contribution in [0.3, 0.4) is 0 Å². The first-order chi connectivity index (χ1) is 6.61. The van der Waals surface area contributed by atoms with Crippen LogP contribution in [0, 0.1) is 0 Å². The number of primary amides is 1. The van der Waals surface area contributed by atoms with Crippen LogP contribution in [0.1, 0.15) is 19.3 Å². The van der Waals surface area contributed by atoms with Crippen LogP contribution in [0.5, 0.6) is 0 Å². The fraction of sp³-hybridized carbons (Fsp3) is 0.444. The molecule has 76 valence electrons. The summed E-state index contributed by atoms with van der Waals surface area (Å²) in [5.41, 5.74) is 4.94. The van der Waals surface area contributed by atoms with Crippen LogP contribution in [0.2, 0.25) is 0 Å². The average molecular weight is 196 g/mol. The van der Waals surface area contributed by atoms with Crippen molar-refractivity contribution in [3.63, 3.8) is 0 Å². The first-order valence-electron chi connectivity index (χ1n) is 4.43. The van der Waals surface area contributed by atoms with Crippen molar-refractivity contribution >= 4 is 17.7 Å². The van der Waals surface area contributed by atoms with Gasteiger partial charge in [0.2, 0.25) is 5.91 Å². The summed E-state index contributed by atoms with van der Waals surface area (Å²) in [5, 5.41) is 0. The van der Waals surface area contributed by atoms with Crippen molar-refractivity contribution in [2.24, 2.45) is 5.73 Å². The largest absolute Gasteiger partial charge is 0.370 e. The van der Waals surface area contributed by atoms with E-state index in [4.69, 9.17) is 5.73 Å². The lowest BCUT2D eigenvalue weighted by atomic mass is 10.2. The van der Waals surface area contributed by atoms with Crippen LogP contribution in [0.25, 0.3) is 0 Å². The molecule has 0 unspecified atom stereocenters. The summed E-state index contributed by atoms with van der Waals surface area (Å²) in [6.45, 7) is 0.359. The molecule has 0 saturated heterocycles. The summed E-state index contributed by atoms with van der Waals surface area (Å²) in [6, 6.07) is 0. The molecule has 0 aromatic carbocycles. The Hall–Kier alpha value is -1.65. The van der Waals surface area contributed by atoms with Gasteiger partial charge in [-0.25, -0.2) is 0 Å². The van der Waals surface area contributed by atoms with Gasteiger partial charge in [-0.1, -0.05) is 0 Å². The summed E-state index contributed by atoms with van der Waals surface area (Å²) in [7, 11) is 0. The van der Waals surface area contributed by atoms with Gasteiger partial charge in [0.15, 0.2) is 0 Å². The normalized spacial score (nSPS) is 15.3. The second-order valence-electron chi connectivity index (χ2n) is 3.08. The first kappa shape index (κ1) is 10.4. The van der Waals surface area contributed by atoms with Crippen LogP contribution < -0.4 is 5.73 Å². The number of carbonyl (C=O) groups excluding carboxylic acids is 3. The van der Waals surface area contributed by atoms with Crippen molar-refractivity contribution < 1.29 is 14.4 Å². The molecule has 0 radical (unpaired) electrons. The Morgan fingerprint density at radius 2 is 1.79 bits per heavy atom. The fourth-order valence-electron chi connectivity index (χ4n) is 1.22. The Bertz CT molecular complexity index is 278. The molecule has 1 rings (SSSR count). The van der Waals surface area contributed by atoms with Crippen molar-refractivity contribution in [3.05, 3.63) is 12.2 Å². The second kappa shape index (κ2) is 4.55. The molecule has 5 heteroatoms. The molecule has 0 fully saturated rings. The minimum absolute atomic E-state index is 0.283. The van der Waals surface area contributed by atoms with Gasteiger partial charge in [-0.15, -0.1) is 0 Å². The highest BCUT2D eigenvalue weighted by Crippen LogP contribution is 2.06. The molecule has 1 aliphatic rings. The van der Waals surface area contributed by atoms with E-state index in [-0.39, 0.29) is 17.7 Å². The number of nitrogens with zero attached hydrogens (tertiary/aromatic N) is 1. The van der Waals surface area contributed by atoms with Gasteiger partial charge in [0, 0.05) is 25.1 Å². The number of amides is 3. The maximum atomic E-state index is 11.0. The van der Waals surface area contributed by atoms with Crippen LogP contribution in [-0.2, 0) is 14.4 Å². The lowest BCUT2D eigenvalue weighted by Crippen LogP contribution is -2.30. The highest BCUT2D eigenvalue weighted by molar-refractivity contribution is 6.12. The monoisotopic (exact) mass is 196 g/mol. The molecule has 0 spiro atoms. The minimum atomic E-state index is -0.359. The fourth-order valence-corrected chi connectivity index (χ4v) is 1.22. The zero-order chi connectivity index (χ0) is 10.6. The Balaban J connectivity index is 2.22. The van der Waals surface area contributed by atoms with Gasteiger partial charge < -0.3 is 5.73 Å². The second-order valence-corrected chi connectivity index (χ2v) is 3.08. The lowest BCUT2D eigenvalue weighted by molar-refractivity contribution is -0.136. The molecule has 1 aliphatic heterocycles. The number of nitrogens with two attached hydrogens (primary N) is 1. The number of rotatable bonds is 5. The van der Waals surface area contributed by atoms with Crippen LogP contribution in [0.4, 0.5) is 0 Å². The summed E-state index contributed by atoms with van der Waals surface area (Å²) in [4.78, 5) is 33.6. The highest BCUT2D eigenvalue weighted by Gasteiger charge is 2.22. The number of hydrogen-bond donors (Lipinski definition) is 1.